The molecule has 4 aromatic rings. The topological polar surface area (TPSA) is 134 Å². The third-order valence-corrected chi connectivity index (χ3v) is 8.38. The maximum Gasteiger partial charge on any atom is 0.410 e. The average Bonchev–Trinajstić information content (AvgIpc) is 3.52. The zero-order chi connectivity index (χ0) is 34.9. The third kappa shape index (κ3) is 8.55. The number of imidazole rings is 1. The molecule has 2 atom stereocenters. The summed E-state index contributed by atoms with van der Waals surface area (Å²) in [4.78, 5) is 26.4. The van der Waals surface area contributed by atoms with Crippen molar-refractivity contribution in [2.45, 2.75) is 65.5 Å². The smallest absolute Gasteiger partial charge is 0.410 e. The summed E-state index contributed by atoms with van der Waals surface area (Å²) in [6.07, 6.45) is 2.90. The van der Waals surface area contributed by atoms with Crippen LogP contribution in [0.15, 0.2) is 42.6 Å². The fourth-order valence-corrected chi connectivity index (χ4v) is 5.81. The van der Waals surface area contributed by atoms with E-state index < -0.39 is 0 Å². The van der Waals surface area contributed by atoms with Crippen LogP contribution in [0.2, 0.25) is 0 Å². The second-order valence-electron chi connectivity index (χ2n) is 12.0. The summed E-state index contributed by atoms with van der Waals surface area (Å²) in [6.45, 7) is 8.71. The summed E-state index contributed by atoms with van der Waals surface area (Å²) in [5, 5.41) is 8.07. The quantitative estimate of drug-likeness (QED) is 0.184. The van der Waals surface area contributed by atoms with Gasteiger partial charge in [0.2, 0.25) is 0 Å². The van der Waals surface area contributed by atoms with E-state index in [0.29, 0.717) is 72.9 Å². The van der Waals surface area contributed by atoms with Gasteiger partial charge < -0.3 is 43.5 Å². The average molecular weight is 678 g/mol. The van der Waals surface area contributed by atoms with Crippen molar-refractivity contribution in [2.75, 3.05) is 53.0 Å². The molecule has 2 aromatic heterocycles. The van der Waals surface area contributed by atoms with Gasteiger partial charge in [0.05, 0.1) is 40.7 Å². The molecule has 1 amide bonds. The van der Waals surface area contributed by atoms with Gasteiger partial charge in [-0.3, -0.25) is 0 Å². The van der Waals surface area contributed by atoms with Crippen LogP contribution in [0.3, 0.4) is 0 Å². The highest BCUT2D eigenvalue weighted by Gasteiger charge is 2.25. The van der Waals surface area contributed by atoms with Crippen molar-refractivity contribution in [1.82, 2.24) is 29.8 Å². The van der Waals surface area contributed by atoms with Gasteiger partial charge in [0.1, 0.15) is 35.3 Å². The summed E-state index contributed by atoms with van der Waals surface area (Å²) in [7, 11) is 6.49. The number of carbonyl (C=O) groups is 1. The van der Waals surface area contributed by atoms with Gasteiger partial charge in [0.25, 0.3) is 0 Å². The Hall–Kier alpha value is -4.98. The Morgan fingerprint density at radius 1 is 1.00 bits per heavy atom. The Balaban J connectivity index is 1.58. The molecule has 1 saturated heterocycles. The number of methoxy groups -OCH3 is 4. The van der Waals surface area contributed by atoms with Gasteiger partial charge in [-0.15, -0.1) is 5.10 Å². The number of nitrogens with one attached hydrogen (secondary N) is 1. The van der Waals surface area contributed by atoms with Crippen molar-refractivity contribution >= 4 is 17.6 Å². The lowest BCUT2D eigenvalue weighted by atomic mass is 10.1. The summed E-state index contributed by atoms with van der Waals surface area (Å²) in [5.74, 6) is 3.18. The van der Waals surface area contributed by atoms with Gasteiger partial charge in [-0.05, 0) is 44.5 Å². The molecule has 49 heavy (non-hydrogen) atoms. The van der Waals surface area contributed by atoms with Crippen LogP contribution < -0.4 is 33.9 Å². The maximum atomic E-state index is 13.0. The standard InChI is InChI=1S/C35H47N7O7/c1-8-9-24(3)49-34-38-33(32-37-18-27(42(32)39-34)22-48-35(43)40-15-14-36-23(2)19-40)41(20-25-10-12-28(44-4)16-30(25)46-6)21-26-11-13-29(45-5)17-31(26)47-7/h10-13,16-18,23-24,36H,8-9,14-15,19-22H2,1-7H3. The zero-order valence-corrected chi connectivity index (χ0v) is 29.4. The minimum absolute atomic E-state index is 0.0304. The van der Waals surface area contributed by atoms with Gasteiger partial charge in [-0.2, -0.15) is 4.98 Å². The van der Waals surface area contributed by atoms with Gasteiger partial charge in [0, 0.05) is 62.0 Å². The zero-order valence-electron chi connectivity index (χ0n) is 29.4. The number of fused-ring (bicyclic) bond motifs is 1. The highest BCUT2D eigenvalue weighted by Crippen LogP contribution is 2.33. The Morgan fingerprint density at radius 3 is 2.22 bits per heavy atom. The van der Waals surface area contributed by atoms with E-state index in [1.165, 1.54) is 0 Å². The molecule has 14 nitrogen and oxygen atoms in total. The molecule has 264 valence electrons. The molecule has 0 saturated carbocycles. The number of amides is 1. The van der Waals surface area contributed by atoms with Crippen molar-refractivity contribution in [3.05, 3.63) is 59.4 Å². The molecule has 0 spiro atoms. The van der Waals surface area contributed by atoms with Crippen molar-refractivity contribution < 1.29 is 33.2 Å². The first-order valence-corrected chi connectivity index (χ1v) is 16.5. The molecular formula is C35H47N7O7. The Labute approximate surface area is 287 Å². The van der Waals surface area contributed by atoms with E-state index in [9.17, 15) is 4.79 Å². The molecule has 2 aromatic carbocycles. The number of hydrogen-bond acceptors (Lipinski definition) is 12. The first-order chi connectivity index (χ1) is 23.8. The van der Waals surface area contributed by atoms with Crippen LogP contribution in [0, 0.1) is 0 Å². The molecule has 1 aliphatic rings. The molecule has 1 fully saturated rings. The van der Waals surface area contributed by atoms with Crippen LogP contribution in [-0.2, 0) is 24.4 Å². The highest BCUT2D eigenvalue weighted by atomic mass is 16.6. The predicted octanol–water partition coefficient (Wildman–Crippen LogP) is 4.86. The van der Waals surface area contributed by atoms with Crippen LogP contribution in [0.1, 0.15) is 50.4 Å². The van der Waals surface area contributed by atoms with Crippen LogP contribution in [0.4, 0.5) is 10.6 Å². The van der Waals surface area contributed by atoms with Crippen molar-refractivity contribution in [1.29, 1.82) is 0 Å². The second-order valence-corrected chi connectivity index (χ2v) is 12.0. The number of ether oxygens (including phenoxy) is 6. The normalized spacial score (nSPS) is 15.1. The fourth-order valence-electron chi connectivity index (χ4n) is 5.81. The van der Waals surface area contributed by atoms with Crippen LogP contribution in [-0.4, -0.2) is 90.8 Å². The maximum absolute atomic E-state index is 13.0. The fraction of sp³-hybridized carbons (Fsp3) is 0.486. The van der Waals surface area contributed by atoms with E-state index in [1.54, 1.807) is 44.1 Å². The molecule has 14 heteroatoms. The SMILES string of the molecule is CCCC(C)Oc1nc(N(Cc2ccc(OC)cc2OC)Cc2ccc(OC)cc2OC)c2ncc(COC(=O)N3CCNC(C)C3)n2n1. The number of nitrogens with zero attached hydrogens (tertiary/aromatic N) is 6. The number of anilines is 1. The number of hydrogen-bond donors (Lipinski definition) is 1. The van der Waals surface area contributed by atoms with Gasteiger partial charge in [0.15, 0.2) is 11.5 Å². The third-order valence-electron chi connectivity index (χ3n) is 8.38. The van der Waals surface area contributed by atoms with Gasteiger partial charge >= 0.3 is 12.1 Å². The molecule has 2 unspecified atom stereocenters. The largest absolute Gasteiger partial charge is 0.497 e. The number of carbonyl (C=O) groups excluding carboxylic acids is 1. The Kier molecular flexibility index (Phi) is 11.8. The summed E-state index contributed by atoms with van der Waals surface area (Å²) in [6, 6.07) is 11.8. The molecule has 0 radical (unpaired) electrons. The van der Waals surface area contributed by atoms with Crippen LogP contribution in [0.25, 0.3) is 5.65 Å². The second kappa shape index (κ2) is 16.4. The van der Waals surface area contributed by atoms with Gasteiger partial charge in [-0.1, -0.05) is 13.3 Å². The number of aromatic nitrogens is 4. The first-order valence-electron chi connectivity index (χ1n) is 16.5. The van der Waals surface area contributed by atoms with E-state index in [0.717, 1.165) is 24.0 Å². The molecule has 1 N–H and O–H groups in total. The van der Waals surface area contributed by atoms with E-state index in [1.807, 2.05) is 50.2 Å². The van der Waals surface area contributed by atoms with Crippen molar-refractivity contribution in [3.8, 4) is 29.0 Å². The van der Waals surface area contributed by atoms with Crippen molar-refractivity contribution in [3.63, 3.8) is 0 Å². The predicted molar refractivity (Wildman–Crippen MR) is 184 cm³/mol. The van der Waals surface area contributed by atoms with E-state index >= 15 is 0 Å². The Bertz CT molecular complexity index is 1660. The molecule has 0 bridgehead atoms. The van der Waals surface area contributed by atoms with Crippen LogP contribution in [0.5, 0.6) is 29.0 Å². The Morgan fingerprint density at radius 2 is 1.65 bits per heavy atom. The van der Waals surface area contributed by atoms with E-state index in [2.05, 4.69) is 17.1 Å². The van der Waals surface area contributed by atoms with Gasteiger partial charge in [-0.25, -0.2) is 14.3 Å². The monoisotopic (exact) mass is 677 g/mol. The summed E-state index contributed by atoms with van der Waals surface area (Å²) >= 11 is 0. The molecule has 1 aliphatic heterocycles. The van der Waals surface area contributed by atoms with E-state index in [4.69, 9.17) is 43.5 Å². The lowest BCUT2D eigenvalue weighted by Gasteiger charge is -2.31. The summed E-state index contributed by atoms with van der Waals surface area (Å²) < 4.78 is 36.1. The first kappa shape index (κ1) is 35.3. The molecule has 5 rings (SSSR count). The number of benzene rings is 2. The van der Waals surface area contributed by atoms with Crippen LogP contribution >= 0.6 is 0 Å². The number of piperazine rings is 1. The van der Waals surface area contributed by atoms with Crippen molar-refractivity contribution in [2.24, 2.45) is 0 Å². The van der Waals surface area contributed by atoms with E-state index in [-0.39, 0.29) is 30.9 Å². The molecular weight excluding hydrogens is 630 g/mol. The molecule has 0 aliphatic carbocycles. The highest BCUT2D eigenvalue weighted by molar-refractivity contribution is 5.68. The minimum Gasteiger partial charge on any atom is -0.497 e. The lowest BCUT2D eigenvalue weighted by molar-refractivity contribution is 0.0848. The molecule has 3 heterocycles. The lowest BCUT2D eigenvalue weighted by Crippen LogP contribution is -2.51. The minimum atomic E-state index is -0.384. The summed E-state index contributed by atoms with van der Waals surface area (Å²) in [5.41, 5.74) is 2.82. The number of rotatable bonds is 15.